The number of benzene rings is 2. The molecule has 0 aliphatic rings. The van der Waals surface area contributed by atoms with Gasteiger partial charge in [-0.2, -0.15) is 5.10 Å². The molecule has 1 amide bonds. The minimum atomic E-state index is -0.747. The first-order chi connectivity index (χ1) is 16.0. The van der Waals surface area contributed by atoms with Crippen LogP contribution in [0, 0.1) is 5.92 Å². The van der Waals surface area contributed by atoms with E-state index in [1.165, 1.54) is 17.3 Å². The Morgan fingerprint density at radius 2 is 1.76 bits per heavy atom. The zero-order chi connectivity index (χ0) is 23.6. The van der Waals surface area contributed by atoms with Gasteiger partial charge in [-0.3, -0.25) is 5.32 Å². The van der Waals surface area contributed by atoms with Crippen LogP contribution < -0.4 is 10.1 Å². The molecule has 3 aromatic rings. The van der Waals surface area contributed by atoms with Crippen LogP contribution in [0.5, 0.6) is 5.75 Å². The quantitative estimate of drug-likeness (QED) is 0.410. The molecule has 33 heavy (non-hydrogen) atoms. The van der Waals surface area contributed by atoms with Crippen LogP contribution in [0.3, 0.4) is 0 Å². The van der Waals surface area contributed by atoms with Crippen molar-refractivity contribution in [1.82, 2.24) is 20.1 Å². The molecule has 0 saturated heterocycles. The number of rotatable bonds is 11. The van der Waals surface area contributed by atoms with Crippen LogP contribution in [-0.2, 0) is 9.47 Å². The second-order valence-electron chi connectivity index (χ2n) is 8.04. The Bertz CT molecular complexity index is 962. The molecule has 0 spiro atoms. The van der Waals surface area contributed by atoms with Gasteiger partial charge in [-0.05, 0) is 29.2 Å². The van der Waals surface area contributed by atoms with Crippen LogP contribution in [0.4, 0.5) is 4.79 Å². The van der Waals surface area contributed by atoms with E-state index in [-0.39, 0.29) is 12.0 Å². The lowest BCUT2D eigenvalue weighted by atomic mass is 10.1. The summed E-state index contributed by atoms with van der Waals surface area (Å²) in [6.07, 6.45) is 2.07. The van der Waals surface area contributed by atoms with Gasteiger partial charge in [0, 0.05) is 13.5 Å². The third-order valence-electron chi connectivity index (χ3n) is 5.22. The smallest absolute Gasteiger partial charge is 0.412 e. The number of nitrogens with zero attached hydrogens (tertiary/aromatic N) is 3. The molecule has 3 rings (SSSR count). The van der Waals surface area contributed by atoms with Gasteiger partial charge in [-0.25, -0.2) is 14.5 Å². The maximum atomic E-state index is 12.8. The molecular formula is C25H32N4O4. The van der Waals surface area contributed by atoms with Crippen LogP contribution in [-0.4, -0.2) is 40.3 Å². The molecule has 1 aromatic heterocycles. The predicted octanol–water partition coefficient (Wildman–Crippen LogP) is 5.05. The lowest BCUT2D eigenvalue weighted by Crippen LogP contribution is -2.50. The zero-order valence-electron chi connectivity index (χ0n) is 19.5. The SMILES string of the molecule is CCCC(OC(=O)NC(Oc1ccc(-c2ccccc2)cc1)C(OC)C(C)C)n1cncn1. The number of hydrogen-bond acceptors (Lipinski definition) is 6. The second-order valence-corrected chi connectivity index (χ2v) is 8.04. The topological polar surface area (TPSA) is 87.5 Å². The highest BCUT2D eigenvalue weighted by Crippen LogP contribution is 2.24. The fourth-order valence-electron chi connectivity index (χ4n) is 3.56. The van der Waals surface area contributed by atoms with Gasteiger partial charge in [0.1, 0.15) is 24.5 Å². The number of ether oxygens (including phenoxy) is 3. The van der Waals surface area contributed by atoms with Gasteiger partial charge < -0.3 is 14.2 Å². The monoisotopic (exact) mass is 452 g/mol. The van der Waals surface area contributed by atoms with Crippen molar-refractivity contribution >= 4 is 6.09 Å². The summed E-state index contributed by atoms with van der Waals surface area (Å²) < 4.78 is 18.9. The van der Waals surface area contributed by atoms with Crippen molar-refractivity contribution in [3.63, 3.8) is 0 Å². The predicted molar refractivity (Wildman–Crippen MR) is 126 cm³/mol. The molecule has 8 nitrogen and oxygen atoms in total. The van der Waals surface area contributed by atoms with Crippen LogP contribution in [0.15, 0.2) is 67.3 Å². The minimum Gasteiger partial charge on any atom is -0.468 e. The summed E-state index contributed by atoms with van der Waals surface area (Å²) in [5, 5.41) is 6.92. The Balaban J connectivity index is 1.72. The van der Waals surface area contributed by atoms with E-state index < -0.39 is 18.5 Å². The van der Waals surface area contributed by atoms with Gasteiger partial charge in [0.25, 0.3) is 0 Å². The number of nitrogens with one attached hydrogen (secondary N) is 1. The summed E-state index contributed by atoms with van der Waals surface area (Å²) in [6.45, 7) is 6.02. The van der Waals surface area contributed by atoms with E-state index in [1.807, 2.05) is 63.2 Å². The van der Waals surface area contributed by atoms with Gasteiger partial charge in [0.15, 0.2) is 6.23 Å². The molecule has 2 aromatic carbocycles. The average Bonchev–Trinajstić information content (AvgIpc) is 3.35. The fraction of sp³-hybridized carbons (Fsp3) is 0.400. The number of methoxy groups -OCH3 is 1. The molecule has 0 aliphatic heterocycles. The highest BCUT2D eigenvalue weighted by molar-refractivity contribution is 5.67. The summed E-state index contributed by atoms with van der Waals surface area (Å²) in [4.78, 5) is 16.7. The van der Waals surface area contributed by atoms with Gasteiger partial charge in [0.2, 0.25) is 6.23 Å². The molecule has 0 fully saturated rings. The van der Waals surface area contributed by atoms with Crippen LogP contribution in [0.25, 0.3) is 11.1 Å². The van der Waals surface area contributed by atoms with Crippen LogP contribution >= 0.6 is 0 Å². The Labute approximate surface area is 194 Å². The summed E-state index contributed by atoms with van der Waals surface area (Å²) in [5.41, 5.74) is 2.20. The van der Waals surface area contributed by atoms with Crippen LogP contribution in [0.2, 0.25) is 0 Å². The minimum absolute atomic E-state index is 0.0886. The van der Waals surface area contributed by atoms with E-state index >= 15 is 0 Å². The summed E-state index contributed by atoms with van der Waals surface area (Å²) in [7, 11) is 1.60. The van der Waals surface area contributed by atoms with E-state index in [1.54, 1.807) is 7.11 Å². The maximum absolute atomic E-state index is 12.8. The van der Waals surface area contributed by atoms with Gasteiger partial charge in [-0.15, -0.1) is 0 Å². The average molecular weight is 453 g/mol. The van der Waals surface area contributed by atoms with E-state index in [0.29, 0.717) is 12.2 Å². The molecule has 0 saturated carbocycles. The Morgan fingerprint density at radius 1 is 1.06 bits per heavy atom. The second kappa shape index (κ2) is 12.0. The number of aromatic nitrogens is 3. The molecule has 8 heteroatoms. The van der Waals surface area contributed by atoms with Crippen molar-refractivity contribution in [3.8, 4) is 16.9 Å². The number of alkyl carbamates (subject to hydrolysis) is 1. The molecular weight excluding hydrogens is 420 g/mol. The van der Waals surface area contributed by atoms with E-state index in [2.05, 4.69) is 27.5 Å². The Morgan fingerprint density at radius 3 is 2.33 bits per heavy atom. The first kappa shape index (κ1) is 24.3. The summed E-state index contributed by atoms with van der Waals surface area (Å²) >= 11 is 0. The first-order valence-electron chi connectivity index (χ1n) is 11.2. The molecule has 0 aliphatic carbocycles. The number of hydrogen-bond donors (Lipinski definition) is 1. The van der Waals surface area contributed by atoms with Gasteiger partial charge >= 0.3 is 6.09 Å². The third kappa shape index (κ3) is 6.79. The molecule has 0 bridgehead atoms. The molecule has 176 valence electrons. The Hall–Kier alpha value is -3.39. The van der Waals surface area contributed by atoms with E-state index in [0.717, 1.165) is 17.5 Å². The Kier molecular flexibility index (Phi) is 8.83. The number of carbonyl (C=O) groups is 1. The standard InChI is InChI=1S/C25H32N4O4/c1-5-9-22(29-17-26-16-27-29)33-25(30)28-24(23(31-4)18(2)3)32-21-14-12-20(13-15-21)19-10-7-6-8-11-19/h6-8,10-18,22-24H,5,9H2,1-4H3,(H,28,30). The lowest BCUT2D eigenvalue weighted by molar-refractivity contribution is -0.0446. The molecule has 3 atom stereocenters. The first-order valence-corrected chi connectivity index (χ1v) is 11.2. The largest absolute Gasteiger partial charge is 0.468 e. The van der Waals surface area contributed by atoms with Crippen molar-refractivity contribution in [2.45, 2.75) is 52.2 Å². The molecule has 3 unspecified atom stereocenters. The van der Waals surface area contributed by atoms with Crippen LogP contribution in [0.1, 0.15) is 39.8 Å². The number of amides is 1. The highest BCUT2D eigenvalue weighted by atomic mass is 16.6. The van der Waals surface area contributed by atoms with E-state index in [9.17, 15) is 4.79 Å². The van der Waals surface area contributed by atoms with Crippen molar-refractivity contribution in [2.24, 2.45) is 5.92 Å². The molecule has 1 N–H and O–H groups in total. The third-order valence-corrected chi connectivity index (χ3v) is 5.22. The highest BCUT2D eigenvalue weighted by Gasteiger charge is 2.29. The van der Waals surface area contributed by atoms with Crippen molar-refractivity contribution in [2.75, 3.05) is 7.11 Å². The lowest BCUT2D eigenvalue weighted by Gasteiger charge is -2.30. The zero-order valence-corrected chi connectivity index (χ0v) is 19.5. The number of carbonyl (C=O) groups excluding carboxylic acids is 1. The van der Waals surface area contributed by atoms with Crippen molar-refractivity contribution < 1.29 is 19.0 Å². The maximum Gasteiger partial charge on any atom is 0.412 e. The van der Waals surface area contributed by atoms with Gasteiger partial charge in [0.05, 0.1) is 0 Å². The molecule has 0 radical (unpaired) electrons. The summed E-state index contributed by atoms with van der Waals surface area (Å²) in [6, 6.07) is 17.8. The van der Waals surface area contributed by atoms with Crippen molar-refractivity contribution in [3.05, 3.63) is 67.3 Å². The van der Waals surface area contributed by atoms with Gasteiger partial charge in [-0.1, -0.05) is 69.7 Å². The van der Waals surface area contributed by atoms with E-state index in [4.69, 9.17) is 14.2 Å². The summed E-state index contributed by atoms with van der Waals surface area (Å²) in [5.74, 6) is 0.703. The fourth-order valence-corrected chi connectivity index (χ4v) is 3.56. The van der Waals surface area contributed by atoms with Crippen molar-refractivity contribution in [1.29, 1.82) is 0 Å². The normalized spacial score (nSPS) is 13.8. The molecule has 1 heterocycles.